The van der Waals surface area contributed by atoms with Crippen molar-refractivity contribution in [1.82, 2.24) is 0 Å². The average Bonchev–Trinajstić information content (AvgIpc) is 2.27. The second-order valence-corrected chi connectivity index (χ2v) is 4.18. The Kier molecular flexibility index (Phi) is 4.83. The Hall–Kier alpha value is -1.91. The third kappa shape index (κ3) is 3.84. The van der Waals surface area contributed by atoms with Crippen molar-refractivity contribution in [1.29, 1.82) is 0 Å². The zero-order chi connectivity index (χ0) is 13.7. The van der Waals surface area contributed by atoms with E-state index in [1.807, 2.05) is 0 Å². The molecule has 98 valence electrons. The van der Waals surface area contributed by atoms with Crippen molar-refractivity contribution < 1.29 is 23.8 Å². The number of halogens is 1. The van der Waals surface area contributed by atoms with Crippen molar-refractivity contribution in [3.05, 3.63) is 29.6 Å². The SMILES string of the molecule is COc1ccc(C(=O)C[C@H](C)CC(=O)O)cc1F. The summed E-state index contributed by atoms with van der Waals surface area (Å²) in [6.45, 7) is 1.67. The average molecular weight is 254 g/mol. The predicted octanol–water partition coefficient (Wildman–Crippen LogP) is 2.52. The van der Waals surface area contributed by atoms with Crippen LogP contribution in [0.4, 0.5) is 4.39 Å². The number of Topliss-reactive ketones (excluding diaryl/α,β-unsaturated/α-hetero) is 1. The third-order valence-electron chi connectivity index (χ3n) is 2.53. The molecular weight excluding hydrogens is 239 g/mol. The molecule has 18 heavy (non-hydrogen) atoms. The lowest BCUT2D eigenvalue weighted by Gasteiger charge is -2.08. The zero-order valence-corrected chi connectivity index (χ0v) is 10.3. The maximum atomic E-state index is 13.4. The van der Waals surface area contributed by atoms with Crippen LogP contribution in [0, 0.1) is 11.7 Å². The molecule has 1 rings (SSSR count). The van der Waals surface area contributed by atoms with E-state index in [9.17, 15) is 14.0 Å². The van der Waals surface area contributed by atoms with E-state index in [0.717, 1.165) is 6.07 Å². The molecule has 5 heteroatoms. The number of rotatable bonds is 6. The van der Waals surface area contributed by atoms with Gasteiger partial charge in [-0.05, 0) is 24.1 Å². The molecule has 0 aliphatic heterocycles. The molecule has 0 radical (unpaired) electrons. The minimum atomic E-state index is -0.948. The minimum Gasteiger partial charge on any atom is -0.494 e. The number of carbonyl (C=O) groups is 2. The normalized spacial score (nSPS) is 11.9. The summed E-state index contributed by atoms with van der Waals surface area (Å²) in [6, 6.07) is 3.96. The molecule has 0 heterocycles. The van der Waals surface area contributed by atoms with Crippen molar-refractivity contribution in [3.8, 4) is 5.75 Å². The highest BCUT2D eigenvalue weighted by atomic mass is 19.1. The molecule has 0 saturated carbocycles. The van der Waals surface area contributed by atoms with Crippen LogP contribution in [0.5, 0.6) is 5.75 Å². The van der Waals surface area contributed by atoms with E-state index in [4.69, 9.17) is 9.84 Å². The lowest BCUT2D eigenvalue weighted by Crippen LogP contribution is -2.10. The molecule has 0 bridgehead atoms. The van der Waals surface area contributed by atoms with Gasteiger partial charge in [-0.2, -0.15) is 0 Å². The number of carbonyl (C=O) groups excluding carboxylic acids is 1. The van der Waals surface area contributed by atoms with Crippen molar-refractivity contribution in [2.45, 2.75) is 19.8 Å². The summed E-state index contributed by atoms with van der Waals surface area (Å²) in [6.07, 6.45) is 0.00243. The van der Waals surface area contributed by atoms with Gasteiger partial charge in [0.25, 0.3) is 0 Å². The first-order valence-corrected chi connectivity index (χ1v) is 5.52. The van der Waals surface area contributed by atoms with Gasteiger partial charge in [0, 0.05) is 18.4 Å². The molecule has 1 aromatic carbocycles. The van der Waals surface area contributed by atoms with Crippen LogP contribution in [0.1, 0.15) is 30.1 Å². The molecule has 0 aromatic heterocycles. The maximum absolute atomic E-state index is 13.4. The summed E-state index contributed by atoms with van der Waals surface area (Å²) >= 11 is 0. The number of hydrogen-bond donors (Lipinski definition) is 1. The lowest BCUT2D eigenvalue weighted by molar-refractivity contribution is -0.137. The van der Waals surface area contributed by atoms with Gasteiger partial charge in [-0.25, -0.2) is 4.39 Å². The fourth-order valence-electron chi connectivity index (χ4n) is 1.64. The van der Waals surface area contributed by atoms with E-state index in [1.165, 1.54) is 19.2 Å². The standard InChI is InChI=1S/C13H15FO4/c1-8(6-13(16)17)5-11(15)9-3-4-12(18-2)10(14)7-9/h3-4,7-8H,5-6H2,1-2H3,(H,16,17)/t8-/m0/s1. The van der Waals surface area contributed by atoms with Crippen LogP contribution < -0.4 is 4.74 Å². The number of carboxylic acids is 1. The molecule has 0 aliphatic rings. The second kappa shape index (κ2) is 6.14. The van der Waals surface area contributed by atoms with E-state index in [0.29, 0.717) is 0 Å². The first-order chi connectivity index (χ1) is 8.43. The Morgan fingerprint density at radius 1 is 1.39 bits per heavy atom. The molecular formula is C13H15FO4. The Bertz CT molecular complexity index is 456. The van der Waals surface area contributed by atoms with Crippen LogP contribution in [0.25, 0.3) is 0 Å². The zero-order valence-electron chi connectivity index (χ0n) is 10.3. The van der Waals surface area contributed by atoms with E-state index in [-0.39, 0.29) is 35.9 Å². The summed E-state index contributed by atoms with van der Waals surface area (Å²) in [4.78, 5) is 22.3. The minimum absolute atomic E-state index is 0.0742. The Morgan fingerprint density at radius 3 is 2.56 bits per heavy atom. The lowest BCUT2D eigenvalue weighted by atomic mass is 9.97. The Morgan fingerprint density at radius 2 is 2.06 bits per heavy atom. The number of ketones is 1. The number of hydrogen-bond acceptors (Lipinski definition) is 3. The van der Waals surface area contributed by atoms with E-state index in [1.54, 1.807) is 6.92 Å². The van der Waals surface area contributed by atoms with Gasteiger partial charge in [-0.15, -0.1) is 0 Å². The van der Waals surface area contributed by atoms with Crippen LogP contribution in [0.15, 0.2) is 18.2 Å². The quantitative estimate of drug-likeness (QED) is 0.792. The fourth-order valence-corrected chi connectivity index (χ4v) is 1.64. The molecule has 1 atom stereocenters. The van der Waals surface area contributed by atoms with Gasteiger partial charge in [0.2, 0.25) is 0 Å². The molecule has 0 saturated heterocycles. The van der Waals surface area contributed by atoms with Crippen LogP contribution in [-0.2, 0) is 4.79 Å². The largest absolute Gasteiger partial charge is 0.494 e. The highest BCUT2D eigenvalue weighted by molar-refractivity contribution is 5.96. The number of methoxy groups -OCH3 is 1. The highest BCUT2D eigenvalue weighted by Gasteiger charge is 2.15. The first kappa shape index (κ1) is 14.2. The number of aliphatic carboxylic acids is 1. The molecule has 4 nitrogen and oxygen atoms in total. The molecule has 0 spiro atoms. The Labute approximate surface area is 104 Å². The van der Waals surface area contributed by atoms with E-state index in [2.05, 4.69) is 0 Å². The van der Waals surface area contributed by atoms with Crippen molar-refractivity contribution in [2.75, 3.05) is 7.11 Å². The molecule has 1 aromatic rings. The highest BCUT2D eigenvalue weighted by Crippen LogP contribution is 2.20. The van der Waals surface area contributed by atoms with Crippen molar-refractivity contribution in [2.24, 2.45) is 5.92 Å². The second-order valence-electron chi connectivity index (χ2n) is 4.18. The molecule has 1 N–H and O–H groups in total. The summed E-state index contributed by atoms with van der Waals surface area (Å²) < 4.78 is 18.1. The smallest absolute Gasteiger partial charge is 0.303 e. The third-order valence-corrected chi connectivity index (χ3v) is 2.53. The van der Waals surface area contributed by atoms with E-state index < -0.39 is 11.8 Å². The summed E-state index contributed by atoms with van der Waals surface area (Å²) in [7, 11) is 1.34. The summed E-state index contributed by atoms with van der Waals surface area (Å²) in [5.74, 6) is -2.03. The van der Waals surface area contributed by atoms with Gasteiger partial charge < -0.3 is 9.84 Å². The summed E-state index contributed by atoms with van der Waals surface area (Å²) in [5, 5.41) is 8.59. The van der Waals surface area contributed by atoms with Crippen LogP contribution in [-0.4, -0.2) is 24.0 Å². The van der Waals surface area contributed by atoms with E-state index >= 15 is 0 Å². The van der Waals surface area contributed by atoms with Crippen molar-refractivity contribution >= 4 is 11.8 Å². The van der Waals surface area contributed by atoms with Crippen LogP contribution in [0.3, 0.4) is 0 Å². The Balaban J connectivity index is 2.72. The van der Waals surface area contributed by atoms with Crippen molar-refractivity contribution in [3.63, 3.8) is 0 Å². The van der Waals surface area contributed by atoms with Gasteiger partial charge in [0.1, 0.15) is 0 Å². The molecule has 0 amide bonds. The van der Waals surface area contributed by atoms with Crippen LogP contribution >= 0.6 is 0 Å². The summed E-state index contributed by atoms with van der Waals surface area (Å²) in [5.41, 5.74) is 0.227. The molecule has 0 aliphatic carbocycles. The van der Waals surface area contributed by atoms with Gasteiger partial charge in [0.15, 0.2) is 17.3 Å². The number of carboxylic acid groups (broad SMARTS) is 1. The maximum Gasteiger partial charge on any atom is 0.303 e. The fraction of sp³-hybridized carbons (Fsp3) is 0.385. The number of ether oxygens (including phenoxy) is 1. The van der Waals surface area contributed by atoms with Gasteiger partial charge in [-0.3, -0.25) is 9.59 Å². The molecule has 0 fully saturated rings. The number of benzene rings is 1. The molecule has 0 unspecified atom stereocenters. The van der Waals surface area contributed by atoms with Gasteiger partial charge >= 0.3 is 5.97 Å². The monoisotopic (exact) mass is 254 g/mol. The van der Waals surface area contributed by atoms with Crippen LogP contribution in [0.2, 0.25) is 0 Å². The predicted molar refractivity (Wildman–Crippen MR) is 63.3 cm³/mol. The first-order valence-electron chi connectivity index (χ1n) is 5.52. The van der Waals surface area contributed by atoms with Gasteiger partial charge in [0.05, 0.1) is 7.11 Å². The van der Waals surface area contributed by atoms with Gasteiger partial charge in [-0.1, -0.05) is 6.92 Å². The topological polar surface area (TPSA) is 63.6 Å².